The van der Waals surface area contributed by atoms with Gasteiger partial charge in [-0.05, 0) is 29.0 Å². The van der Waals surface area contributed by atoms with Gasteiger partial charge in [0.15, 0.2) is 5.78 Å². The first-order valence-electron chi connectivity index (χ1n) is 9.47. The van der Waals surface area contributed by atoms with Crippen LogP contribution in [0.1, 0.15) is 23.2 Å². The van der Waals surface area contributed by atoms with E-state index in [2.05, 4.69) is 45.2 Å². The number of aliphatic carboxylic acids is 1. The van der Waals surface area contributed by atoms with Crippen LogP contribution in [-0.2, 0) is 14.3 Å². The molecule has 1 aliphatic heterocycles. The van der Waals surface area contributed by atoms with Crippen molar-refractivity contribution in [1.29, 1.82) is 0 Å². The van der Waals surface area contributed by atoms with Gasteiger partial charge >= 0.3 is 12.1 Å². The number of thiophene rings is 2. The number of fused-ring (bicyclic) bond motifs is 2. The Labute approximate surface area is 186 Å². The second kappa shape index (κ2) is 11.2. The standard InChI is InChI=1S/C12H10O3S.C8H6S.C3H4O3/c13-10(5-6-12(14)15)9-7-16-11-4-2-1-3-8(9)11;1-2-4-8-7(3-1)5-6-9-8;4-3-5-1-2-6-3/h1-4,7H,5-6H2,(H,14,15);1-6H;1-2H2. The number of rotatable bonds is 4. The highest BCUT2D eigenvalue weighted by Gasteiger charge is 2.13. The minimum Gasteiger partial charge on any atom is -0.481 e. The maximum absolute atomic E-state index is 11.8. The second-order valence-electron chi connectivity index (χ2n) is 6.37. The third-order valence-corrected chi connectivity index (χ3v) is 6.09. The Morgan fingerprint density at radius 1 is 0.871 bits per heavy atom. The summed E-state index contributed by atoms with van der Waals surface area (Å²) in [7, 11) is 0. The summed E-state index contributed by atoms with van der Waals surface area (Å²) in [4.78, 5) is 32.0. The molecule has 8 heteroatoms. The number of carbonyl (C=O) groups excluding carboxylic acids is 2. The van der Waals surface area contributed by atoms with Crippen LogP contribution >= 0.6 is 22.7 Å². The molecule has 0 saturated carbocycles. The number of ketones is 1. The summed E-state index contributed by atoms with van der Waals surface area (Å²) < 4.78 is 11.0. The van der Waals surface area contributed by atoms with Gasteiger partial charge < -0.3 is 14.6 Å². The van der Waals surface area contributed by atoms with Crippen molar-refractivity contribution in [2.45, 2.75) is 12.8 Å². The van der Waals surface area contributed by atoms with Crippen molar-refractivity contribution in [3.8, 4) is 0 Å². The molecule has 1 N–H and O–H groups in total. The molecule has 0 aliphatic carbocycles. The van der Waals surface area contributed by atoms with Crippen LogP contribution in [0.15, 0.2) is 65.4 Å². The van der Waals surface area contributed by atoms with Gasteiger partial charge in [0, 0.05) is 32.2 Å². The zero-order valence-corrected chi connectivity index (χ0v) is 18.1. The Hall–Kier alpha value is -3.23. The number of hydrogen-bond donors (Lipinski definition) is 1. The number of carboxylic acids is 1. The predicted molar refractivity (Wildman–Crippen MR) is 122 cm³/mol. The summed E-state index contributed by atoms with van der Waals surface area (Å²) >= 11 is 3.30. The van der Waals surface area contributed by atoms with Crippen LogP contribution in [0.3, 0.4) is 0 Å². The van der Waals surface area contributed by atoms with Crippen LogP contribution in [0.25, 0.3) is 20.2 Å². The van der Waals surface area contributed by atoms with Gasteiger partial charge in [-0.2, -0.15) is 0 Å². The third-order valence-electron chi connectivity index (χ3n) is 4.23. The molecule has 6 nitrogen and oxygen atoms in total. The minimum atomic E-state index is -0.937. The first kappa shape index (κ1) is 22.5. The smallest absolute Gasteiger partial charge is 0.481 e. The van der Waals surface area contributed by atoms with Crippen molar-refractivity contribution in [2.75, 3.05) is 13.2 Å². The molecule has 2 aromatic carbocycles. The number of carboxylic acid groups (broad SMARTS) is 1. The van der Waals surface area contributed by atoms with Gasteiger partial charge in [0.2, 0.25) is 0 Å². The average Bonchev–Trinajstić information content (AvgIpc) is 3.53. The summed E-state index contributed by atoms with van der Waals surface area (Å²) in [6, 6.07) is 18.2. The molecule has 5 rings (SSSR count). The normalized spacial score (nSPS) is 12.2. The fraction of sp³-hybridized carbons (Fsp3) is 0.174. The molecule has 2 aromatic heterocycles. The number of cyclic esters (lactones) is 2. The molecule has 3 heterocycles. The Bertz CT molecular complexity index is 1140. The maximum atomic E-state index is 11.8. The fourth-order valence-electron chi connectivity index (χ4n) is 2.75. The van der Waals surface area contributed by atoms with Crippen molar-refractivity contribution in [1.82, 2.24) is 0 Å². The van der Waals surface area contributed by atoms with Gasteiger partial charge in [-0.3, -0.25) is 9.59 Å². The van der Waals surface area contributed by atoms with Gasteiger partial charge in [0.25, 0.3) is 0 Å². The molecule has 1 saturated heterocycles. The fourth-order valence-corrected chi connectivity index (χ4v) is 4.50. The molecule has 31 heavy (non-hydrogen) atoms. The van der Waals surface area contributed by atoms with Crippen LogP contribution in [0.2, 0.25) is 0 Å². The van der Waals surface area contributed by atoms with Crippen molar-refractivity contribution in [3.63, 3.8) is 0 Å². The molecule has 0 atom stereocenters. The van der Waals surface area contributed by atoms with Gasteiger partial charge in [0.1, 0.15) is 13.2 Å². The molecule has 4 aromatic rings. The molecule has 0 radical (unpaired) electrons. The number of carbonyl (C=O) groups is 3. The number of hydrogen-bond acceptors (Lipinski definition) is 7. The Morgan fingerprint density at radius 3 is 2.19 bits per heavy atom. The predicted octanol–water partition coefficient (Wildman–Crippen LogP) is 6.00. The van der Waals surface area contributed by atoms with E-state index < -0.39 is 12.1 Å². The minimum absolute atomic E-state index is 0.0655. The van der Waals surface area contributed by atoms with Gasteiger partial charge in [0.05, 0.1) is 6.42 Å². The molecular formula is C23H20O6S2. The van der Waals surface area contributed by atoms with Gasteiger partial charge in [-0.1, -0.05) is 36.4 Å². The summed E-state index contributed by atoms with van der Waals surface area (Å²) in [6.07, 6.45) is -0.589. The van der Waals surface area contributed by atoms with E-state index in [9.17, 15) is 14.4 Å². The van der Waals surface area contributed by atoms with E-state index >= 15 is 0 Å². The van der Waals surface area contributed by atoms with E-state index in [4.69, 9.17) is 5.11 Å². The lowest BCUT2D eigenvalue weighted by molar-refractivity contribution is -0.136. The third kappa shape index (κ3) is 6.63. The van der Waals surface area contributed by atoms with Crippen molar-refractivity contribution in [2.24, 2.45) is 0 Å². The van der Waals surface area contributed by atoms with Crippen LogP contribution in [0.4, 0.5) is 4.79 Å². The first-order valence-corrected chi connectivity index (χ1v) is 11.2. The molecule has 0 bridgehead atoms. The largest absolute Gasteiger partial charge is 0.508 e. The maximum Gasteiger partial charge on any atom is 0.508 e. The SMILES string of the molecule is O=C(O)CCC(=O)c1csc2ccccc12.O=C1OCCO1.c1ccc2sccc2c1. The van der Waals surface area contributed by atoms with Crippen LogP contribution < -0.4 is 0 Å². The van der Waals surface area contributed by atoms with E-state index in [0.717, 1.165) is 10.1 Å². The highest BCUT2D eigenvalue weighted by Crippen LogP contribution is 2.26. The van der Waals surface area contributed by atoms with Gasteiger partial charge in [-0.15, -0.1) is 22.7 Å². The van der Waals surface area contributed by atoms with E-state index in [1.807, 2.05) is 24.3 Å². The lowest BCUT2D eigenvalue weighted by Crippen LogP contribution is -2.02. The molecule has 1 fully saturated rings. The number of ether oxygens (including phenoxy) is 2. The summed E-state index contributed by atoms with van der Waals surface area (Å²) in [5.74, 6) is -1.03. The molecular weight excluding hydrogens is 436 g/mol. The highest BCUT2D eigenvalue weighted by molar-refractivity contribution is 7.17. The van der Waals surface area contributed by atoms with Crippen LogP contribution in [0.5, 0.6) is 0 Å². The summed E-state index contributed by atoms with van der Waals surface area (Å²) in [5, 5.41) is 14.7. The van der Waals surface area contributed by atoms with Gasteiger partial charge in [-0.25, -0.2) is 4.79 Å². The summed E-state index contributed by atoms with van der Waals surface area (Å²) in [6.45, 7) is 0.831. The number of benzene rings is 2. The monoisotopic (exact) mass is 456 g/mol. The van der Waals surface area contributed by atoms with Crippen LogP contribution in [0, 0.1) is 0 Å². The first-order chi connectivity index (χ1) is 15.0. The van der Waals surface area contributed by atoms with Crippen molar-refractivity contribution < 1.29 is 29.0 Å². The Kier molecular flexibility index (Phi) is 8.14. The zero-order valence-electron chi connectivity index (χ0n) is 16.5. The van der Waals surface area contributed by atoms with Crippen LogP contribution in [-0.4, -0.2) is 36.2 Å². The Balaban J connectivity index is 0.000000151. The summed E-state index contributed by atoms with van der Waals surface area (Å²) in [5.41, 5.74) is 0.641. The average molecular weight is 457 g/mol. The van der Waals surface area contributed by atoms with E-state index in [1.54, 1.807) is 16.7 Å². The van der Waals surface area contributed by atoms with E-state index in [1.165, 1.54) is 21.4 Å². The molecule has 160 valence electrons. The number of Topliss-reactive ketones (excluding diaryl/α,β-unsaturated/α-hetero) is 1. The molecule has 0 amide bonds. The highest BCUT2D eigenvalue weighted by atomic mass is 32.1. The molecule has 1 aliphatic rings. The van der Waals surface area contributed by atoms with E-state index in [0.29, 0.717) is 18.8 Å². The lowest BCUT2D eigenvalue weighted by Gasteiger charge is -1.96. The Morgan fingerprint density at radius 2 is 1.55 bits per heavy atom. The second-order valence-corrected chi connectivity index (χ2v) is 8.23. The van der Waals surface area contributed by atoms with E-state index in [-0.39, 0.29) is 18.6 Å². The topological polar surface area (TPSA) is 89.9 Å². The quantitative estimate of drug-likeness (QED) is 0.299. The lowest BCUT2D eigenvalue weighted by atomic mass is 10.1. The van der Waals surface area contributed by atoms with Crippen molar-refractivity contribution in [3.05, 3.63) is 70.9 Å². The molecule has 0 unspecified atom stereocenters. The van der Waals surface area contributed by atoms with Crippen molar-refractivity contribution >= 4 is 60.8 Å². The zero-order chi connectivity index (χ0) is 22.1. The molecule has 0 spiro atoms.